The van der Waals surface area contributed by atoms with Crippen LogP contribution in [0.2, 0.25) is 0 Å². The van der Waals surface area contributed by atoms with Crippen LogP contribution in [0.15, 0.2) is 67.1 Å². The van der Waals surface area contributed by atoms with Crippen molar-refractivity contribution in [1.82, 2.24) is 35.0 Å². The molecular formula is C35H36FN9O. The molecule has 1 aliphatic carbocycles. The van der Waals surface area contributed by atoms with Crippen LogP contribution in [0.4, 0.5) is 15.8 Å². The minimum atomic E-state index is -0.332. The van der Waals surface area contributed by atoms with E-state index in [-0.39, 0.29) is 17.6 Å². The van der Waals surface area contributed by atoms with Gasteiger partial charge in [-0.3, -0.25) is 19.9 Å². The van der Waals surface area contributed by atoms with Gasteiger partial charge in [0.1, 0.15) is 17.0 Å². The highest BCUT2D eigenvalue weighted by atomic mass is 19.1. The summed E-state index contributed by atoms with van der Waals surface area (Å²) in [6.07, 6.45) is 10.4. The van der Waals surface area contributed by atoms with E-state index in [9.17, 15) is 9.18 Å². The molecule has 1 aliphatic rings. The van der Waals surface area contributed by atoms with Crippen LogP contribution in [-0.2, 0) is 4.79 Å². The molecule has 4 N–H and O–H groups in total. The average molecular weight is 618 g/mol. The van der Waals surface area contributed by atoms with E-state index in [2.05, 4.69) is 40.7 Å². The van der Waals surface area contributed by atoms with Crippen LogP contribution in [0, 0.1) is 11.7 Å². The number of nitrogens with one attached hydrogen (secondary N) is 4. The Morgan fingerprint density at radius 1 is 0.957 bits per heavy atom. The number of hydrogen-bond donors (Lipinski definition) is 4. The summed E-state index contributed by atoms with van der Waals surface area (Å²) in [5, 5.41) is 14.9. The molecule has 6 aromatic rings. The summed E-state index contributed by atoms with van der Waals surface area (Å²) in [7, 11) is 4.00. The number of rotatable bonds is 9. The molecule has 1 saturated carbocycles. The molecule has 0 aliphatic heterocycles. The highest BCUT2D eigenvalue weighted by Crippen LogP contribution is 2.34. The fourth-order valence-electron chi connectivity index (χ4n) is 6.17. The van der Waals surface area contributed by atoms with Gasteiger partial charge in [-0.05, 0) is 75.5 Å². The van der Waals surface area contributed by atoms with E-state index in [0.717, 1.165) is 59.9 Å². The lowest BCUT2D eigenvalue weighted by Gasteiger charge is -2.20. The zero-order valence-corrected chi connectivity index (χ0v) is 25.9. The number of amides is 1. The number of benzene rings is 1. The predicted molar refractivity (Wildman–Crippen MR) is 180 cm³/mol. The molecule has 5 aromatic heterocycles. The van der Waals surface area contributed by atoms with Gasteiger partial charge in [0.25, 0.3) is 0 Å². The van der Waals surface area contributed by atoms with Gasteiger partial charge in [-0.1, -0.05) is 19.3 Å². The van der Waals surface area contributed by atoms with Crippen molar-refractivity contribution in [1.29, 1.82) is 0 Å². The Labute approximate surface area is 265 Å². The van der Waals surface area contributed by atoms with Crippen LogP contribution >= 0.6 is 0 Å². The lowest BCUT2D eigenvalue weighted by molar-refractivity contribution is -0.120. The summed E-state index contributed by atoms with van der Waals surface area (Å²) in [5.74, 6) is -0.219. The molecule has 0 atom stereocenters. The van der Waals surface area contributed by atoms with E-state index < -0.39 is 0 Å². The van der Waals surface area contributed by atoms with Crippen molar-refractivity contribution in [2.75, 3.05) is 37.8 Å². The molecular weight excluding hydrogens is 581 g/mol. The van der Waals surface area contributed by atoms with Crippen LogP contribution in [0.25, 0.3) is 55.8 Å². The highest BCUT2D eigenvalue weighted by Gasteiger charge is 2.22. The second-order valence-electron chi connectivity index (χ2n) is 12.2. The van der Waals surface area contributed by atoms with Crippen LogP contribution in [0.5, 0.6) is 0 Å². The third kappa shape index (κ3) is 6.18. The van der Waals surface area contributed by atoms with Crippen LogP contribution < -0.4 is 10.6 Å². The zero-order chi connectivity index (χ0) is 31.6. The molecule has 0 bridgehead atoms. The third-order valence-electron chi connectivity index (χ3n) is 8.55. The van der Waals surface area contributed by atoms with E-state index in [1.807, 2.05) is 50.5 Å². The molecule has 0 unspecified atom stereocenters. The van der Waals surface area contributed by atoms with E-state index in [1.54, 1.807) is 18.6 Å². The fourth-order valence-corrected chi connectivity index (χ4v) is 6.17. The van der Waals surface area contributed by atoms with E-state index >= 15 is 0 Å². The summed E-state index contributed by atoms with van der Waals surface area (Å²) in [6.45, 7) is 1.52. The van der Waals surface area contributed by atoms with Gasteiger partial charge in [0.05, 0.1) is 34.5 Å². The van der Waals surface area contributed by atoms with Crippen molar-refractivity contribution in [3.63, 3.8) is 0 Å². The Morgan fingerprint density at radius 3 is 2.65 bits per heavy atom. The Morgan fingerprint density at radius 2 is 1.80 bits per heavy atom. The third-order valence-corrected chi connectivity index (χ3v) is 8.55. The van der Waals surface area contributed by atoms with Crippen LogP contribution in [0.1, 0.15) is 32.1 Å². The standard InChI is InChI=1S/C35H36FN9O/c1-45(2)13-12-38-25-15-22(14-24(36)17-25)32-27-18-31(41-29(27)10-11-39-32)34-33-30(43-44-34)9-8-28(42-33)23-16-26(20-37-19-23)40-35(46)21-6-4-3-5-7-21/h8-11,14-21,38,41H,3-7,12-13H2,1-2H3,(H,40,46)(H,43,44). The maximum Gasteiger partial charge on any atom is 0.227 e. The number of carbonyl (C=O) groups excluding carboxylic acids is 1. The summed E-state index contributed by atoms with van der Waals surface area (Å²) in [4.78, 5) is 32.4. The number of aromatic nitrogens is 6. The van der Waals surface area contributed by atoms with Crippen molar-refractivity contribution in [3.05, 3.63) is 72.9 Å². The SMILES string of the molecule is CN(C)CCNc1cc(F)cc(-c2nccc3[nH]c(-c4n[nH]c5ccc(-c6cncc(NC(=O)C7CCCCC7)c6)nc45)cc23)c1. The van der Waals surface area contributed by atoms with Gasteiger partial charge in [0.15, 0.2) is 0 Å². The molecule has 0 saturated heterocycles. The van der Waals surface area contributed by atoms with Gasteiger partial charge in [0, 0.05) is 59.1 Å². The molecule has 1 amide bonds. The Bertz CT molecular complexity index is 2030. The van der Waals surface area contributed by atoms with E-state index in [0.29, 0.717) is 46.1 Å². The topological polar surface area (TPSA) is 128 Å². The summed E-state index contributed by atoms with van der Waals surface area (Å²) >= 11 is 0. The molecule has 10 nitrogen and oxygen atoms in total. The van der Waals surface area contributed by atoms with Crippen molar-refractivity contribution in [3.8, 4) is 33.9 Å². The number of H-pyrrole nitrogens is 2. The van der Waals surface area contributed by atoms with Crippen molar-refractivity contribution >= 4 is 39.2 Å². The second kappa shape index (κ2) is 12.7. The zero-order valence-electron chi connectivity index (χ0n) is 25.9. The van der Waals surface area contributed by atoms with E-state index in [1.165, 1.54) is 18.6 Å². The smallest absolute Gasteiger partial charge is 0.227 e. The lowest BCUT2D eigenvalue weighted by Crippen LogP contribution is -2.24. The summed E-state index contributed by atoms with van der Waals surface area (Å²) < 4.78 is 14.7. The highest BCUT2D eigenvalue weighted by molar-refractivity contribution is 5.99. The van der Waals surface area contributed by atoms with Gasteiger partial charge in [-0.25, -0.2) is 9.37 Å². The Kier molecular flexibility index (Phi) is 8.15. The number of carbonyl (C=O) groups is 1. The first-order chi connectivity index (χ1) is 22.4. The normalized spacial score (nSPS) is 13.9. The number of anilines is 2. The van der Waals surface area contributed by atoms with Gasteiger partial charge in [-0.15, -0.1) is 0 Å². The number of pyridine rings is 3. The molecule has 0 radical (unpaired) electrons. The first-order valence-electron chi connectivity index (χ1n) is 15.7. The number of likely N-dealkylation sites (N-methyl/N-ethyl adjacent to an activating group) is 1. The number of aromatic amines is 2. The predicted octanol–water partition coefficient (Wildman–Crippen LogP) is 6.86. The largest absolute Gasteiger partial charge is 0.384 e. The van der Waals surface area contributed by atoms with Gasteiger partial charge in [-0.2, -0.15) is 5.10 Å². The Balaban J connectivity index is 1.19. The summed E-state index contributed by atoms with van der Waals surface area (Å²) in [6, 6.07) is 14.6. The first-order valence-corrected chi connectivity index (χ1v) is 15.7. The molecule has 11 heteroatoms. The van der Waals surface area contributed by atoms with Crippen molar-refractivity contribution < 1.29 is 9.18 Å². The number of halogens is 1. The number of hydrogen-bond acceptors (Lipinski definition) is 7. The molecule has 0 spiro atoms. The molecule has 46 heavy (non-hydrogen) atoms. The quantitative estimate of drug-likeness (QED) is 0.140. The van der Waals surface area contributed by atoms with Gasteiger partial charge in [0.2, 0.25) is 5.91 Å². The molecule has 1 fully saturated rings. The second-order valence-corrected chi connectivity index (χ2v) is 12.2. The van der Waals surface area contributed by atoms with Crippen LogP contribution in [0.3, 0.4) is 0 Å². The molecule has 1 aromatic carbocycles. The monoisotopic (exact) mass is 617 g/mol. The molecule has 7 rings (SSSR count). The minimum Gasteiger partial charge on any atom is -0.384 e. The van der Waals surface area contributed by atoms with Crippen molar-refractivity contribution in [2.24, 2.45) is 5.92 Å². The number of fused-ring (bicyclic) bond motifs is 2. The van der Waals surface area contributed by atoms with E-state index in [4.69, 9.17) is 4.98 Å². The van der Waals surface area contributed by atoms with Gasteiger partial charge < -0.3 is 20.5 Å². The molecule has 234 valence electrons. The van der Waals surface area contributed by atoms with Crippen LogP contribution in [-0.4, -0.2) is 68.1 Å². The Hall–Kier alpha value is -5.16. The maximum absolute atomic E-state index is 14.7. The van der Waals surface area contributed by atoms with Crippen molar-refractivity contribution in [2.45, 2.75) is 32.1 Å². The molecule has 5 heterocycles. The minimum absolute atomic E-state index is 0.0557. The van der Waals surface area contributed by atoms with Gasteiger partial charge >= 0.3 is 0 Å². The maximum atomic E-state index is 14.7. The number of nitrogens with zero attached hydrogens (tertiary/aromatic N) is 5. The average Bonchev–Trinajstić information content (AvgIpc) is 3.69. The fraction of sp³-hybridized carbons (Fsp3) is 0.286. The summed E-state index contributed by atoms with van der Waals surface area (Å²) in [5.41, 5.74) is 7.94. The first kappa shape index (κ1) is 29.5. The lowest BCUT2D eigenvalue weighted by atomic mass is 9.88.